The number of carboxylic acids is 1. The molecular weight excluding hydrogens is 239 g/mol. The van der Waals surface area contributed by atoms with Crippen LogP contribution in [-0.2, 0) is 10.4 Å². The van der Waals surface area contributed by atoms with Crippen molar-refractivity contribution in [1.82, 2.24) is 0 Å². The van der Waals surface area contributed by atoms with E-state index < -0.39 is 23.3 Å². The van der Waals surface area contributed by atoms with Crippen LogP contribution in [0.25, 0.3) is 0 Å². The summed E-state index contributed by atoms with van der Waals surface area (Å²) in [6.07, 6.45) is 0.180. The molecule has 2 unspecified atom stereocenters. The van der Waals surface area contributed by atoms with Gasteiger partial charge >= 0.3 is 5.97 Å². The molecule has 0 aliphatic rings. The zero-order chi connectivity index (χ0) is 13.9. The maximum atomic E-state index is 13.9. The summed E-state index contributed by atoms with van der Waals surface area (Å²) in [5.74, 6) is -2.82. The summed E-state index contributed by atoms with van der Waals surface area (Å²) in [7, 11) is 1.34. The maximum absolute atomic E-state index is 13.9. The lowest BCUT2D eigenvalue weighted by atomic mass is 9.80. The van der Waals surface area contributed by atoms with Gasteiger partial charge in [-0.15, -0.1) is 0 Å². The number of aliphatic hydroxyl groups is 1. The average molecular weight is 256 g/mol. The number of carbonyl (C=O) groups is 1. The zero-order valence-corrected chi connectivity index (χ0v) is 10.6. The van der Waals surface area contributed by atoms with Gasteiger partial charge in [-0.1, -0.05) is 13.0 Å². The lowest BCUT2D eigenvalue weighted by Gasteiger charge is -2.31. The van der Waals surface area contributed by atoms with Crippen LogP contribution in [0.15, 0.2) is 18.2 Å². The van der Waals surface area contributed by atoms with Gasteiger partial charge in [-0.3, -0.25) is 4.79 Å². The summed E-state index contributed by atoms with van der Waals surface area (Å²) in [6.45, 7) is 2.91. The zero-order valence-electron chi connectivity index (χ0n) is 10.6. The van der Waals surface area contributed by atoms with Crippen molar-refractivity contribution in [1.29, 1.82) is 0 Å². The Bertz CT molecular complexity index is 443. The van der Waals surface area contributed by atoms with Crippen LogP contribution in [0.3, 0.4) is 0 Å². The van der Waals surface area contributed by atoms with Gasteiger partial charge in [0.25, 0.3) is 0 Å². The van der Waals surface area contributed by atoms with Crippen LogP contribution in [0.1, 0.15) is 25.8 Å². The molecule has 0 bridgehead atoms. The van der Waals surface area contributed by atoms with Crippen LogP contribution in [-0.4, -0.2) is 23.3 Å². The number of benzene rings is 1. The summed E-state index contributed by atoms with van der Waals surface area (Å²) in [4.78, 5) is 11.1. The molecule has 0 saturated heterocycles. The van der Waals surface area contributed by atoms with Crippen molar-refractivity contribution >= 4 is 5.97 Å². The minimum Gasteiger partial charge on any atom is -0.496 e. The van der Waals surface area contributed by atoms with Crippen molar-refractivity contribution in [3.63, 3.8) is 0 Å². The van der Waals surface area contributed by atoms with Crippen LogP contribution in [0, 0.1) is 11.7 Å². The summed E-state index contributed by atoms with van der Waals surface area (Å²) in [5.41, 5.74) is -1.96. The Morgan fingerprint density at radius 2 is 2.17 bits per heavy atom. The number of methoxy groups -OCH3 is 1. The van der Waals surface area contributed by atoms with E-state index >= 15 is 0 Å². The number of halogens is 1. The Hall–Kier alpha value is -1.62. The molecule has 1 rings (SSSR count). The summed E-state index contributed by atoms with van der Waals surface area (Å²) in [6, 6.07) is 4.10. The average Bonchev–Trinajstić information content (AvgIpc) is 2.27. The van der Waals surface area contributed by atoms with Gasteiger partial charge in [-0.25, -0.2) is 4.39 Å². The van der Waals surface area contributed by atoms with E-state index in [1.807, 2.05) is 0 Å². The van der Waals surface area contributed by atoms with Crippen LogP contribution in [0.2, 0.25) is 0 Å². The molecule has 0 aliphatic carbocycles. The number of rotatable bonds is 5. The number of hydrogen-bond acceptors (Lipinski definition) is 3. The summed E-state index contributed by atoms with van der Waals surface area (Å²) in [5, 5.41) is 19.5. The summed E-state index contributed by atoms with van der Waals surface area (Å²) < 4.78 is 18.9. The quantitative estimate of drug-likeness (QED) is 0.847. The molecule has 0 radical (unpaired) electrons. The van der Waals surface area contributed by atoms with Gasteiger partial charge in [0.2, 0.25) is 0 Å². The topological polar surface area (TPSA) is 66.8 Å². The Morgan fingerprint density at radius 3 is 2.61 bits per heavy atom. The molecule has 0 saturated carbocycles. The van der Waals surface area contributed by atoms with Crippen LogP contribution >= 0.6 is 0 Å². The molecule has 2 N–H and O–H groups in total. The van der Waals surface area contributed by atoms with E-state index in [0.29, 0.717) is 0 Å². The van der Waals surface area contributed by atoms with Crippen LogP contribution < -0.4 is 4.74 Å². The molecule has 4 nitrogen and oxygen atoms in total. The van der Waals surface area contributed by atoms with Crippen molar-refractivity contribution in [2.75, 3.05) is 7.11 Å². The fraction of sp³-hybridized carbons (Fsp3) is 0.462. The lowest BCUT2D eigenvalue weighted by Crippen LogP contribution is -2.38. The van der Waals surface area contributed by atoms with Crippen molar-refractivity contribution in [3.05, 3.63) is 29.6 Å². The first kappa shape index (κ1) is 14.4. The number of ether oxygens (including phenoxy) is 1. The van der Waals surface area contributed by atoms with Gasteiger partial charge in [0.05, 0.1) is 18.6 Å². The highest BCUT2D eigenvalue weighted by Gasteiger charge is 2.41. The number of aliphatic carboxylic acids is 1. The molecule has 2 atom stereocenters. The van der Waals surface area contributed by atoms with Crippen molar-refractivity contribution < 1.29 is 24.1 Å². The number of carboxylic acid groups (broad SMARTS) is 1. The lowest BCUT2D eigenvalue weighted by molar-refractivity contribution is -0.152. The second-order valence-electron chi connectivity index (χ2n) is 4.26. The molecule has 1 aromatic carbocycles. The van der Waals surface area contributed by atoms with Crippen molar-refractivity contribution in [3.8, 4) is 5.75 Å². The van der Waals surface area contributed by atoms with Gasteiger partial charge in [0, 0.05) is 0 Å². The maximum Gasteiger partial charge on any atom is 0.309 e. The highest BCUT2D eigenvalue weighted by molar-refractivity contribution is 5.72. The predicted octanol–water partition coefficient (Wildman–Crippen LogP) is 2.15. The Kier molecular flexibility index (Phi) is 4.29. The predicted molar refractivity (Wildman–Crippen MR) is 63.9 cm³/mol. The van der Waals surface area contributed by atoms with E-state index in [4.69, 9.17) is 9.84 Å². The first-order chi connectivity index (χ1) is 8.36. The van der Waals surface area contributed by atoms with Gasteiger partial charge < -0.3 is 14.9 Å². The Balaban J connectivity index is 3.39. The highest BCUT2D eigenvalue weighted by Crippen LogP contribution is 2.38. The fourth-order valence-electron chi connectivity index (χ4n) is 2.15. The largest absolute Gasteiger partial charge is 0.496 e. The minimum atomic E-state index is -1.84. The molecule has 0 spiro atoms. The van der Waals surface area contributed by atoms with E-state index in [-0.39, 0.29) is 17.7 Å². The Labute approximate surface area is 105 Å². The molecule has 0 aromatic heterocycles. The first-order valence-electron chi connectivity index (χ1n) is 5.64. The van der Waals surface area contributed by atoms with Crippen LogP contribution in [0.4, 0.5) is 4.39 Å². The normalized spacial score (nSPS) is 15.8. The second-order valence-corrected chi connectivity index (χ2v) is 4.26. The monoisotopic (exact) mass is 256 g/mol. The van der Waals surface area contributed by atoms with E-state index in [1.54, 1.807) is 6.92 Å². The first-order valence-corrected chi connectivity index (χ1v) is 5.64. The standard InChI is InChI=1S/C13H17FO4/c1-4-8(12(15)16)13(2,17)11-9(14)6-5-7-10(11)18-3/h5-8,17H,4H2,1-3H3,(H,15,16). The van der Waals surface area contributed by atoms with Crippen LogP contribution in [0.5, 0.6) is 5.75 Å². The minimum absolute atomic E-state index is 0.123. The third kappa shape index (κ3) is 2.46. The molecule has 100 valence electrons. The third-order valence-electron chi connectivity index (χ3n) is 3.09. The van der Waals surface area contributed by atoms with Gasteiger partial charge in [-0.2, -0.15) is 0 Å². The third-order valence-corrected chi connectivity index (χ3v) is 3.09. The second kappa shape index (κ2) is 5.35. The molecule has 18 heavy (non-hydrogen) atoms. The van der Waals surface area contributed by atoms with Crippen molar-refractivity contribution in [2.45, 2.75) is 25.9 Å². The van der Waals surface area contributed by atoms with Gasteiger partial charge in [0.15, 0.2) is 0 Å². The van der Waals surface area contributed by atoms with E-state index in [1.165, 1.54) is 32.2 Å². The Morgan fingerprint density at radius 1 is 1.56 bits per heavy atom. The molecule has 0 fully saturated rings. The van der Waals surface area contributed by atoms with Crippen molar-refractivity contribution in [2.24, 2.45) is 5.92 Å². The van der Waals surface area contributed by atoms with Gasteiger partial charge in [0.1, 0.15) is 17.2 Å². The van der Waals surface area contributed by atoms with Gasteiger partial charge in [-0.05, 0) is 25.5 Å². The van der Waals surface area contributed by atoms with E-state index in [2.05, 4.69) is 0 Å². The summed E-state index contributed by atoms with van der Waals surface area (Å²) >= 11 is 0. The molecule has 0 heterocycles. The molecule has 0 aliphatic heterocycles. The van der Waals surface area contributed by atoms with E-state index in [0.717, 1.165) is 0 Å². The SMILES string of the molecule is CCC(C(=O)O)C(C)(O)c1c(F)cccc1OC. The van der Waals surface area contributed by atoms with E-state index in [9.17, 15) is 14.3 Å². The fourth-order valence-corrected chi connectivity index (χ4v) is 2.15. The molecule has 1 aromatic rings. The molecule has 0 amide bonds. The molecule has 5 heteroatoms. The smallest absolute Gasteiger partial charge is 0.309 e. The number of hydrogen-bond donors (Lipinski definition) is 2. The highest BCUT2D eigenvalue weighted by atomic mass is 19.1. The molecular formula is C13H17FO4.